The third kappa shape index (κ3) is 1.94. The van der Waals surface area contributed by atoms with Gasteiger partial charge in [-0.25, -0.2) is 0 Å². The third-order valence-electron chi connectivity index (χ3n) is 2.31. The first-order valence-electron chi connectivity index (χ1n) is 4.49. The normalized spacial score (nSPS) is 30.6. The van der Waals surface area contributed by atoms with E-state index in [4.69, 9.17) is 11.6 Å². The van der Waals surface area contributed by atoms with E-state index >= 15 is 0 Å². The predicted molar refractivity (Wildman–Crippen MR) is 65.0 cm³/mol. The second-order valence-electron chi connectivity index (χ2n) is 3.31. The fourth-order valence-corrected chi connectivity index (χ4v) is 2.43. The molecular formula is C12H10BrCl. The average Bonchev–Trinajstić information content (AvgIpc) is 2.18. The van der Waals surface area contributed by atoms with Gasteiger partial charge in [0.05, 0.1) is 0 Å². The van der Waals surface area contributed by atoms with E-state index in [9.17, 15) is 0 Å². The second kappa shape index (κ2) is 3.92. The van der Waals surface area contributed by atoms with E-state index in [0.717, 1.165) is 0 Å². The first-order chi connectivity index (χ1) is 6.70. The first-order valence-corrected chi connectivity index (χ1v) is 5.66. The van der Waals surface area contributed by atoms with E-state index in [1.54, 1.807) is 0 Å². The van der Waals surface area contributed by atoms with Gasteiger partial charge >= 0.3 is 0 Å². The van der Waals surface area contributed by atoms with E-state index in [1.807, 2.05) is 36.4 Å². The van der Waals surface area contributed by atoms with E-state index in [-0.39, 0.29) is 5.92 Å². The Bertz CT molecular complexity index is 365. The van der Waals surface area contributed by atoms with Gasteiger partial charge in [-0.3, -0.25) is 0 Å². The maximum absolute atomic E-state index is 6.35. The van der Waals surface area contributed by atoms with Crippen molar-refractivity contribution in [2.24, 2.45) is 0 Å². The van der Waals surface area contributed by atoms with Crippen LogP contribution in [0.15, 0.2) is 54.6 Å². The van der Waals surface area contributed by atoms with E-state index < -0.39 is 3.78 Å². The van der Waals surface area contributed by atoms with Crippen LogP contribution in [0, 0.1) is 0 Å². The molecule has 0 nitrogen and oxygen atoms in total. The molecule has 0 bridgehead atoms. The molecule has 0 spiro atoms. The lowest BCUT2D eigenvalue weighted by molar-refractivity contribution is 0.826. The van der Waals surface area contributed by atoms with Crippen LogP contribution in [-0.2, 0) is 0 Å². The standard InChI is InChI=1S/C12H10BrCl/c13-12(14)9-5-4-8-11(12)10-6-2-1-3-7-10/h1-9,11H. The van der Waals surface area contributed by atoms with Crippen LogP contribution in [0.2, 0.25) is 0 Å². The van der Waals surface area contributed by atoms with Gasteiger partial charge in [0.2, 0.25) is 0 Å². The molecule has 72 valence electrons. The molecule has 1 aliphatic rings. The smallest absolute Gasteiger partial charge is 0.101 e. The van der Waals surface area contributed by atoms with Gasteiger partial charge < -0.3 is 0 Å². The molecule has 2 rings (SSSR count). The zero-order chi connectivity index (χ0) is 10.0. The lowest BCUT2D eigenvalue weighted by atomic mass is 9.92. The summed E-state index contributed by atoms with van der Waals surface area (Å²) in [5, 5.41) is 0. The fourth-order valence-electron chi connectivity index (χ4n) is 1.58. The third-order valence-corrected chi connectivity index (χ3v) is 3.43. The summed E-state index contributed by atoms with van der Waals surface area (Å²) in [6, 6.07) is 10.2. The van der Waals surface area contributed by atoms with Crippen molar-refractivity contribution < 1.29 is 0 Å². The predicted octanol–water partition coefficient (Wildman–Crippen LogP) is 4.23. The molecule has 0 fully saturated rings. The number of hydrogen-bond acceptors (Lipinski definition) is 0. The maximum atomic E-state index is 6.35. The zero-order valence-electron chi connectivity index (χ0n) is 7.53. The average molecular weight is 270 g/mol. The molecule has 0 aromatic heterocycles. The summed E-state index contributed by atoms with van der Waals surface area (Å²) in [5.41, 5.74) is 1.22. The molecule has 0 heterocycles. The lowest BCUT2D eigenvalue weighted by Gasteiger charge is -2.27. The minimum Gasteiger partial charge on any atom is -0.101 e. The SMILES string of the molecule is ClC1(Br)C=CC=CC1c1ccccc1. The molecule has 1 aromatic carbocycles. The Balaban J connectivity index is 2.36. The summed E-state index contributed by atoms with van der Waals surface area (Å²) in [5.74, 6) is 0.190. The Morgan fingerprint density at radius 1 is 1.14 bits per heavy atom. The van der Waals surface area contributed by atoms with Crippen molar-refractivity contribution in [2.45, 2.75) is 9.70 Å². The fraction of sp³-hybridized carbons (Fsp3) is 0.167. The Kier molecular flexibility index (Phi) is 2.80. The van der Waals surface area contributed by atoms with Crippen LogP contribution >= 0.6 is 27.5 Å². The van der Waals surface area contributed by atoms with Gasteiger partial charge in [-0.1, -0.05) is 70.6 Å². The first kappa shape index (κ1) is 10.0. The highest BCUT2D eigenvalue weighted by atomic mass is 79.9. The number of rotatable bonds is 1. The van der Waals surface area contributed by atoms with Crippen LogP contribution in [0.25, 0.3) is 0 Å². The summed E-state index contributed by atoms with van der Waals surface area (Å²) in [7, 11) is 0. The van der Waals surface area contributed by atoms with Crippen LogP contribution in [0.3, 0.4) is 0 Å². The topological polar surface area (TPSA) is 0 Å². The van der Waals surface area contributed by atoms with Crippen LogP contribution < -0.4 is 0 Å². The highest BCUT2D eigenvalue weighted by Crippen LogP contribution is 2.43. The van der Waals surface area contributed by atoms with Gasteiger partial charge in [0.15, 0.2) is 0 Å². The van der Waals surface area contributed by atoms with Crippen LogP contribution in [-0.4, -0.2) is 3.78 Å². The molecule has 0 saturated carbocycles. The number of allylic oxidation sites excluding steroid dienone is 4. The zero-order valence-corrected chi connectivity index (χ0v) is 9.87. The van der Waals surface area contributed by atoms with Gasteiger partial charge in [-0.05, 0) is 5.56 Å². The maximum Gasteiger partial charge on any atom is 0.128 e. The van der Waals surface area contributed by atoms with Crippen molar-refractivity contribution in [1.29, 1.82) is 0 Å². The van der Waals surface area contributed by atoms with Crippen molar-refractivity contribution >= 4 is 27.5 Å². The molecule has 0 saturated heterocycles. The number of hydrogen-bond donors (Lipinski definition) is 0. The number of alkyl halides is 2. The van der Waals surface area contributed by atoms with Gasteiger partial charge in [-0.2, -0.15) is 0 Å². The lowest BCUT2D eigenvalue weighted by Crippen LogP contribution is -2.20. The minimum atomic E-state index is -0.483. The molecule has 0 amide bonds. The molecule has 2 heteroatoms. The van der Waals surface area contributed by atoms with E-state index in [1.165, 1.54) is 5.56 Å². The highest BCUT2D eigenvalue weighted by Gasteiger charge is 2.32. The summed E-state index contributed by atoms with van der Waals surface area (Å²) in [6.07, 6.45) is 8.06. The van der Waals surface area contributed by atoms with Crippen LogP contribution in [0.4, 0.5) is 0 Å². The van der Waals surface area contributed by atoms with Gasteiger partial charge in [0, 0.05) is 5.92 Å². The van der Waals surface area contributed by atoms with Crippen molar-refractivity contribution in [1.82, 2.24) is 0 Å². The Hall–Kier alpha value is -0.530. The summed E-state index contributed by atoms with van der Waals surface area (Å²) in [4.78, 5) is 0. The molecule has 0 N–H and O–H groups in total. The Morgan fingerprint density at radius 3 is 2.50 bits per heavy atom. The molecule has 14 heavy (non-hydrogen) atoms. The number of halogens is 2. The van der Waals surface area contributed by atoms with E-state index in [0.29, 0.717) is 0 Å². The summed E-state index contributed by atoms with van der Waals surface area (Å²) < 4.78 is -0.483. The van der Waals surface area contributed by atoms with Crippen molar-refractivity contribution in [3.8, 4) is 0 Å². The molecule has 0 radical (unpaired) electrons. The van der Waals surface area contributed by atoms with Gasteiger partial charge in [-0.15, -0.1) is 11.6 Å². The largest absolute Gasteiger partial charge is 0.128 e. The second-order valence-corrected chi connectivity index (χ2v) is 5.70. The summed E-state index contributed by atoms with van der Waals surface area (Å²) >= 11 is 9.87. The Labute approximate surface area is 97.4 Å². The monoisotopic (exact) mass is 268 g/mol. The van der Waals surface area contributed by atoms with E-state index in [2.05, 4.69) is 34.1 Å². The Morgan fingerprint density at radius 2 is 1.86 bits per heavy atom. The van der Waals surface area contributed by atoms with Crippen LogP contribution in [0.1, 0.15) is 11.5 Å². The summed E-state index contributed by atoms with van der Waals surface area (Å²) in [6.45, 7) is 0. The van der Waals surface area contributed by atoms with Gasteiger partial charge in [0.25, 0.3) is 0 Å². The van der Waals surface area contributed by atoms with Gasteiger partial charge in [0.1, 0.15) is 3.78 Å². The van der Waals surface area contributed by atoms with Crippen LogP contribution in [0.5, 0.6) is 0 Å². The van der Waals surface area contributed by atoms with Crippen molar-refractivity contribution in [3.05, 3.63) is 60.2 Å². The molecule has 1 aliphatic carbocycles. The molecule has 2 unspecified atom stereocenters. The minimum absolute atomic E-state index is 0.190. The molecular weight excluding hydrogens is 259 g/mol. The quantitative estimate of drug-likeness (QED) is 0.670. The number of benzene rings is 1. The van der Waals surface area contributed by atoms with Crippen molar-refractivity contribution in [2.75, 3.05) is 0 Å². The van der Waals surface area contributed by atoms with Crippen molar-refractivity contribution in [3.63, 3.8) is 0 Å². The molecule has 0 aliphatic heterocycles. The highest BCUT2D eigenvalue weighted by molar-refractivity contribution is 9.10. The molecule has 1 aromatic rings. The molecule has 2 atom stereocenters.